The van der Waals surface area contributed by atoms with Crippen LogP contribution in [0.4, 0.5) is 0 Å². The molecule has 2 aromatic rings. The Labute approximate surface area is 166 Å². The Kier molecular flexibility index (Phi) is 5.00. The van der Waals surface area contributed by atoms with Crippen molar-refractivity contribution in [1.29, 1.82) is 0 Å². The molecular weight excluding hydrogens is 354 g/mol. The zero-order valence-electron chi connectivity index (χ0n) is 17.0. The number of rotatable bonds is 3. The molecular formula is C22H29N3O3. The maximum atomic E-state index is 12.9. The van der Waals surface area contributed by atoms with Crippen molar-refractivity contribution in [2.24, 2.45) is 10.8 Å². The van der Waals surface area contributed by atoms with Crippen molar-refractivity contribution in [3.63, 3.8) is 0 Å². The van der Waals surface area contributed by atoms with Gasteiger partial charge < -0.3 is 14.2 Å². The van der Waals surface area contributed by atoms with Gasteiger partial charge in [-0.2, -0.15) is 4.98 Å². The van der Waals surface area contributed by atoms with Crippen LogP contribution in [0.5, 0.6) is 0 Å². The summed E-state index contributed by atoms with van der Waals surface area (Å²) in [7, 11) is 0. The summed E-state index contributed by atoms with van der Waals surface area (Å²) < 4.78 is 11.3. The molecule has 6 heteroatoms. The molecule has 6 nitrogen and oxygen atoms in total. The molecule has 1 aromatic heterocycles. The average Bonchev–Trinajstić information content (AvgIpc) is 3.27. The minimum absolute atomic E-state index is 0.0248. The normalized spacial score (nSPS) is 22.0. The Hall–Kier alpha value is -2.21. The number of ether oxygens (including phenoxy) is 1. The summed E-state index contributed by atoms with van der Waals surface area (Å²) >= 11 is 0. The van der Waals surface area contributed by atoms with E-state index >= 15 is 0 Å². The molecule has 4 rings (SSSR count). The molecule has 1 atom stereocenters. The summed E-state index contributed by atoms with van der Waals surface area (Å²) in [6.45, 7) is 9.14. The van der Waals surface area contributed by atoms with Crippen LogP contribution in [0.15, 0.2) is 34.9 Å². The largest absolute Gasteiger partial charge is 0.381 e. The molecule has 1 spiro atoms. The molecule has 0 saturated carbocycles. The van der Waals surface area contributed by atoms with Gasteiger partial charge >= 0.3 is 0 Å². The fourth-order valence-corrected chi connectivity index (χ4v) is 4.43. The third-order valence-electron chi connectivity index (χ3n) is 5.94. The molecule has 1 aromatic carbocycles. The van der Waals surface area contributed by atoms with E-state index in [1.54, 1.807) is 0 Å². The van der Waals surface area contributed by atoms with Crippen LogP contribution in [0, 0.1) is 10.8 Å². The van der Waals surface area contributed by atoms with E-state index in [0.29, 0.717) is 24.7 Å². The van der Waals surface area contributed by atoms with E-state index in [-0.39, 0.29) is 22.7 Å². The summed E-state index contributed by atoms with van der Waals surface area (Å²) in [6.07, 6.45) is 2.38. The first kappa shape index (κ1) is 19.1. The van der Waals surface area contributed by atoms with E-state index in [1.807, 2.05) is 35.2 Å². The molecule has 0 radical (unpaired) electrons. The molecule has 28 heavy (non-hydrogen) atoms. The topological polar surface area (TPSA) is 68.5 Å². The monoisotopic (exact) mass is 383 g/mol. The predicted octanol–water partition coefficient (Wildman–Crippen LogP) is 3.90. The van der Waals surface area contributed by atoms with Crippen molar-refractivity contribution in [3.8, 4) is 11.4 Å². The lowest BCUT2D eigenvalue weighted by Gasteiger charge is -2.36. The quantitative estimate of drug-likeness (QED) is 0.804. The number of hydrogen-bond acceptors (Lipinski definition) is 5. The van der Waals surface area contributed by atoms with E-state index < -0.39 is 0 Å². The first-order valence-corrected chi connectivity index (χ1v) is 10.1. The maximum Gasteiger partial charge on any atom is 0.232 e. The molecule has 2 saturated heterocycles. The van der Waals surface area contributed by atoms with Gasteiger partial charge in [0.05, 0.1) is 5.92 Å². The van der Waals surface area contributed by atoms with Gasteiger partial charge in [-0.25, -0.2) is 0 Å². The number of aromatic nitrogens is 2. The van der Waals surface area contributed by atoms with E-state index in [9.17, 15) is 4.79 Å². The van der Waals surface area contributed by atoms with Gasteiger partial charge in [-0.1, -0.05) is 56.3 Å². The van der Waals surface area contributed by atoms with Gasteiger partial charge in [-0.3, -0.25) is 4.79 Å². The number of hydrogen-bond donors (Lipinski definition) is 0. The minimum atomic E-state index is -0.0354. The van der Waals surface area contributed by atoms with Crippen LogP contribution in [0.25, 0.3) is 11.4 Å². The lowest BCUT2D eigenvalue weighted by Crippen LogP contribution is -2.38. The molecule has 1 unspecified atom stereocenters. The molecule has 2 aliphatic heterocycles. The molecule has 2 fully saturated rings. The Bertz CT molecular complexity index is 819. The highest BCUT2D eigenvalue weighted by Crippen LogP contribution is 2.49. The molecule has 3 heterocycles. The van der Waals surface area contributed by atoms with Gasteiger partial charge in [0.25, 0.3) is 0 Å². The van der Waals surface area contributed by atoms with E-state index in [2.05, 4.69) is 25.9 Å². The van der Waals surface area contributed by atoms with Gasteiger partial charge in [-0.05, 0) is 18.3 Å². The molecule has 1 amide bonds. The number of carbonyl (C=O) groups excluding carboxylic acids is 1. The zero-order chi connectivity index (χ0) is 19.8. The second-order valence-corrected chi connectivity index (χ2v) is 9.36. The summed E-state index contributed by atoms with van der Waals surface area (Å²) in [6, 6.07) is 9.86. The summed E-state index contributed by atoms with van der Waals surface area (Å²) in [5.74, 6) is 1.53. The fraction of sp³-hybridized carbons (Fsp3) is 0.591. The molecule has 0 aliphatic carbocycles. The zero-order valence-corrected chi connectivity index (χ0v) is 17.0. The molecule has 0 N–H and O–H groups in total. The van der Waals surface area contributed by atoms with Crippen molar-refractivity contribution < 1.29 is 14.1 Å². The smallest absolute Gasteiger partial charge is 0.232 e. The third-order valence-corrected chi connectivity index (χ3v) is 5.94. The van der Waals surface area contributed by atoms with Crippen molar-refractivity contribution in [3.05, 3.63) is 36.2 Å². The van der Waals surface area contributed by atoms with Crippen molar-refractivity contribution >= 4 is 5.91 Å². The highest BCUT2D eigenvalue weighted by Gasteiger charge is 2.51. The Morgan fingerprint density at radius 3 is 2.61 bits per heavy atom. The lowest BCUT2D eigenvalue weighted by atomic mass is 9.72. The summed E-state index contributed by atoms with van der Waals surface area (Å²) in [4.78, 5) is 19.6. The van der Waals surface area contributed by atoms with Crippen molar-refractivity contribution in [1.82, 2.24) is 15.0 Å². The van der Waals surface area contributed by atoms with Crippen LogP contribution in [0.3, 0.4) is 0 Å². The maximum absolute atomic E-state index is 12.9. The standard InChI is InChI=1S/C22H29N3O3/c1-21(2,3)13-18(26)25-14-17(22(15-25)9-11-27-12-10-22)20-23-19(24-28-20)16-7-5-4-6-8-16/h4-8,17H,9-15H2,1-3H3. The third kappa shape index (κ3) is 3.83. The van der Waals surface area contributed by atoms with Crippen LogP contribution in [0.2, 0.25) is 0 Å². The van der Waals surface area contributed by atoms with E-state index in [0.717, 1.165) is 38.2 Å². The van der Waals surface area contributed by atoms with E-state index in [1.165, 1.54) is 0 Å². The number of nitrogens with zero attached hydrogens (tertiary/aromatic N) is 3. The Balaban J connectivity index is 1.60. The van der Waals surface area contributed by atoms with E-state index in [4.69, 9.17) is 14.2 Å². The minimum Gasteiger partial charge on any atom is -0.381 e. The number of amides is 1. The van der Waals surface area contributed by atoms with Gasteiger partial charge in [-0.15, -0.1) is 0 Å². The van der Waals surface area contributed by atoms with Crippen LogP contribution in [-0.2, 0) is 9.53 Å². The molecule has 0 bridgehead atoms. The summed E-state index contributed by atoms with van der Waals surface area (Å²) in [5, 5.41) is 4.22. The highest BCUT2D eigenvalue weighted by molar-refractivity contribution is 5.77. The SMILES string of the molecule is CC(C)(C)CC(=O)N1CC(c2nc(-c3ccccc3)no2)C2(CCOCC2)C1. The van der Waals surface area contributed by atoms with Gasteiger partial charge in [0.2, 0.25) is 17.6 Å². The first-order valence-electron chi connectivity index (χ1n) is 10.1. The van der Waals surface area contributed by atoms with Gasteiger partial charge in [0.15, 0.2) is 0 Å². The number of benzene rings is 1. The second kappa shape index (κ2) is 7.32. The number of carbonyl (C=O) groups is 1. The first-order chi connectivity index (χ1) is 13.4. The van der Waals surface area contributed by atoms with Crippen LogP contribution < -0.4 is 0 Å². The number of likely N-dealkylation sites (tertiary alicyclic amines) is 1. The van der Waals surface area contributed by atoms with Crippen molar-refractivity contribution in [2.75, 3.05) is 26.3 Å². The average molecular weight is 383 g/mol. The van der Waals surface area contributed by atoms with Gasteiger partial charge in [0.1, 0.15) is 0 Å². The second-order valence-electron chi connectivity index (χ2n) is 9.36. The van der Waals surface area contributed by atoms with Crippen LogP contribution >= 0.6 is 0 Å². The van der Waals surface area contributed by atoms with Crippen molar-refractivity contribution in [2.45, 2.75) is 46.0 Å². The summed E-state index contributed by atoms with van der Waals surface area (Å²) in [5.41, 5.74) is 0.882. The van der Waals surface area contributed by atoms with Gasteiger partial charge in [0, 0.05) is 43.7 Å². The highest BCUT2D eigenvalue weighted by atomic mass is 16.5. The van der Waals surface area contributed by atoms with Crippen LogP contribution in [-0.4, -0.2) is 47.3 Å². The Morgan fingerprint density at radius 1 is 1.21 bits per heavy atom. The fourth-order valence-electron chi connectivity index (χ4n) is 4.43. The molecule has 150 valence electrons. The lowest BCUT2D eigenvalue weighted by molar-refractivity contribution is -0.132. The predicted molar refractivity (Wildman–Crippen MR) is 106 cm³/mol. The Morgan fingerprint density at radius 2 is 1.93 bits per heavy atom. The van der Waals surface area contributed by atoms with Crippen LogP contribution in [0.1, 0.15) is 51.8 Å². The molecule has 2 aliphatic rings.